The molecule has 82 valence electrons. The summed E-state index contributed by atoms with van der Waals surface area (Å²) < 4.78 is 0. The molecule has 0 atom stereocenters. The van der Waals surface area contributed by atoms with Crippen molar-refractivity contribution in [1.82, 2.24) is 0 Å². The van der Waals surface area contributed by atoms with Crippen molar-refractivity contribution in [2.75, 3.05) is 11.9 Å². The number of hydrogen-bond donors (Lipinski definition) is 2. The van der Waals surface area contributed by atoms with Crippen molar-refractivity contribution in [3.63, 3.8) is 0 Å². The average Bonchev–Trinajstić information content (AvgIpc) is 2.19. The zero-order valence-corrected chi connectivity index (χ0v) is 9.29. The van der Waals surface area contributed by atoms with Crippen LogP contribution in [0.2, 0.25) is 0 Å². The van der Waals surface area contributed by atoms with Crippen molar-refractivity contribution >= 4 is 11.6 Å². The number of hydrogen-bond acceptors (Lipinski definition) is 2. The summed E-state index contributed by atoms with van der Waals surface area (Å²) in [7, 11) is 0. The summed E-state index contributed by atoms with van der Waals surface area (Å²) in [4.78, 5) is 11.9. The third-order valence-corrected chi connectivity index (χ3v) is 2.42. The highest BCUT2D eigenvalue weighted by molar-refractivity contribution is 5.94. The summed E-state index contributed by atoms with van der Waals surface area (Å²) in [6.07, 6.45) is 0.686. The fourth-order valence-corrected chi connectivity index (χ4v) is 1.30. The molecule has 0 fully saturated rings. The quantitative estimate of drug-likeness (QED) is 0.791. The van der Waals surface area contributed by atoms with Crippen molar-refractivity contribution in [3.05, 3.63) is 30.3 Å². The van der Waals surface area contributed by atoms with Crippen LogP contribution in [0.4, 0.5) is 5.69 Å². The van der Waals surface area contributed by atoms with Gasteiger partial charge in [0.1, 0.15) is 0 Å². The Morgan fingerprint density at radius 2 is 1.93 bits per heavy atom. The van der Waals surface area contributed by atoms with E-state index in [1.54, 1.807) is 0 Å². The van der Waals surface area contributed by atoms with Gasteiger partial charge in [-0.2, -0.15) is 0 Å². The molecular formula is C12H18N2O. The summed E-state index contributed by atoms with van der Waals surface area (Å²) in [6.45, 7) is 4.32. The maximum Gasteiger partial charge on any atom is 0.230 e. The van der Waals surface area contributed by atoms with Gasteiger partial charge in [0.15, 0.2) is 0 Å². The minimum Gasteiger partial charge on any atom is -0.330 e. The van der Waals surface area contributed by atoms with Crippen molar-refractivity contribution in [2.45, 2.75) is 20.3 Å². The Hall–Kier alpha value is -1.35. The number of anilines is 1. The minimum absolute atomic E-state index is 0.0131. The third kappa shape index (κ3) is 3.36. The number of amides is 1. The Bertz CT molecular complexity index is 320. The first-order valence-corrected chi connectivity index (χ1v) is 5.13. The summed E-state index contributed by atoms with van der Waals surface area (Å²) >= 11 is 0. The van der Waals surface area contributed by atoms with E-state index in [1.807, 2.05) is 44.2 Å². The first kappa shape index (κ1) is 11.7. The molecule has 3 heteroatoms. The molecule has 1 aromatic rings. The van der Waals surface area contributed by atoms with E-state index in [0.29, 0.717) is 13.0 Å². The van der Waals surface area contributed by atoms with Gasteiger partial charge in [-0.05, 0) is 25.1 Å². The molecule has 0 aliphatic carbocycles. The number of carbonyl (C=O) groups is 1. The second-order valence-corrected chi connectivity index (χ2v) is 4.24. The van der Waals surface area contributed by atoms with Crippen LogP contribution in [0.1, 0.15) is 20.3 Å². The fraction of sp³-hybridized carbons (Fsp3) is 0.417. The molecule has 1 aromatic carbocycles. The Morgan fingerprint density at radius 3 is 2.47 bits per heavy atom. The van der Waals surface area contributed by atoms with E-state index >= 15 is 0 Å². The van der Waals surface area contributed by atoms with Crippen LogP contribution in [0.15, 0.2) is 30.3 Å². The zero-order valence-electron chi connectivity index (χ0n) is 9.29. The lowest BCUT2D eigenvalue weighted by Gasteiger charge is -2.22. The molecule has 3 N–H and O–H groups in total. The van der Waals surface area contributed by atoms with Crippen LogP contribution in [0.3, 0.4) is 0 Å². The van der Waals surface area contributed by atoms with Gasteiger partial charge in [0, 0.05) is 11.1 Å². The van der Waals surface area contributed by atoms with Crippen molar-refractivity contribution < 1.29 is 4.79 Å². The number of nitrogens with two attached hydrogens (primary N) is 1. The maximum atomic E-state index is 11.9. The first-order chi connectivity index (χ1) is 7.06. The van der Waals surface area contributed by atoms with Crippen LogP contribution >= 0.6 is 0 Å². The first-order valence-electron chi connectivity index (χ1n) is 5.13. The zero-order chi connectivity index (χ0) is 11.3. The third-order valence-electron chi connectivity index (χ3n) is 2.42. The standard InChI is InChI=1S/C12H18N2O/c1-12(2,8-9-13)11(15)14-10-6-4-3-5-7-10/h3-7H,8-9,13H2,1-2H3,(H,14,15). The topological polar surface area (TPSA) is 55.1 Å². The van der Waals surface area contributed by atoms with E-state index in [9.17, 15) is 4.79 Å². The highest BCUT2D eigenvalue weighted by Gasteiger charge is 2.26. The van der Waals surface area contributed by atoms with Gasteiger partial charge in [0.2, 0.25) is 5.91 Å². The molecule has 0 aliphatic heterocycles. The molecule has 0 radical (unpaired) electrons. The normalized spacial score (nSPS) is 11.1. The van der Waals surface area contributed by atoms with Crippen LogP contribution < -0.4 is 11.1 Å². The molecule has 0 aliphatic rings. The lowest BCUT2D eigenvalue weighted by atomic mass is 9.88. The molecule has 1 rings (SSSR count). The molecule has 0 heterocycles. The second kappa shape index (κ2) is 4.94. The number of benzene rings is 1. The van der Waals surface area contributed by atoms with Crippen LogP contribution in [0.25, 0.3) is 0 Å². The molecule has 1 amide bonds. The Labute approximate surface area is 90.7 Å². The molecule has 0 saturated carbocycles. The van der Waals surface area contributed by atoms with E-state index in [4.69, 9.17) is 5.73 Å². The van der Waals surface area contributed by atoms with E-state index in [1.165, 1.54) is 0 Å². The van der Waals surface area contributed by atoms with Crippen LogP contribution in [0.5, 0.6) is 0 Å². The Kier molecular flexibility index (Phi) is 3.86. The van der Waals surface area contributed by atoms with E-state index in [2.05, 4.69) is 5.32 Å². The SMILES string of the molecule is CC(C)(CCN)C(=O)Nc1ccccc1. The van der Waals surface area contributed by atoms with E-state index in [-0.39, 0.29) is 5.91 Å². The molecule has 15 heavy (non-hydrogen) atoms. The van der Waals surface area contributed by atoms with Crippen molar-refractivity contribution in [3.8, 4) is 0 Å². The average molecular weight is 206 g/mol. The highest BCUT2D eigenvalue weighted by Crippen LogP contribution is 2.21. The summed E-state index contributed by atoms with van der Waals surface area (Å²) in [5.41, 5.74) is 5.88. The Morgan fingerprint density at radius 1 is 1.33 bits per heavy atom. The number of nitrogens with one attached hydrogen (secondary N) is 1. The van der Waals surface area contributed by atoms with Gasteiger partial charge in [0.25, 0.3) is 0 Å². The Balaban J connectivity index is 2.63. The van der Waals surface area contributed by atoms with Gasteiger partial charge in [-0.15, -0.1) is 0 Å². The molecule has 3 nitrogen and oxygen atoms in total. The number of carbonyl (C=O) groups excluding carboxylic acids is 1. The lowest BCUT2D eigenvalue weighted by molar-refractivity contribution is -0.124. The van der Waals surface area contributed by atoms with E-state index in [0.717, 1.165) is 5.69 Å². The van der Waals surface area contributed by atoms with Crippen LogP contribution in [0, 0.1) is 5.41 Å². The molecule has 0 bridgehead atoms. The summed E-state index contributed by atoms with van der Waals surface area (Å²) in [5, 5.41) is 2.87. The summed E-state index contributed by atoms with van der Waals surface area (Å²) in [5.74, 6) is 0.0131. The molecule has 0 spiro atoms. The molecule has 0 aromatic heterocycles. The van der Waals surface area contributed by atoms with Gasteiger partial charge >= 0.3 is 0 Å². The number of para-hydroxylation sites is 1. The molecule has 0 saturated heterocycles. The fourth-order valence-electron chi connectivity index (χ4n) is 1.30. The highest BCUT2D eigenvalue weighted by atomic mass is 16.2. The summed E-state index contributed by atoms with van der Waals surface area (Å²) in [6, 6.07) is 9.45. The van der Waals surface area contributed by atoms with Gasteiger partial charge in [0.05, 0.1) is 0 Å². The molecule has 0 unspecified atom stereocenters. The van der Waals surface area contributed by atoms with Gasteiger partial charge in [-0.3, -0.25) is 4.79 Å². The smallest absolute Gasteiger partial charge is 0.230 e. The second-order valence-electron chi connectivity index (χ2n) is 4.24. The van der Waals surface area contributed by atoms with Gasteiger partial charge in [-0.25, -0.2) is 0 Å². The van der Waals surface area contributed by atoms with Crippen molar-refractivity contribution in [1.29, 1.82) is 0 Å². The maximum absolute atomic E-state index is 11.9. The monoisotopic (exact) mass is 206 g/mol. The minimum atomic E-state index is -0.412. The van der Waals surface area contributed by atoms with E-state index < -0.39 is 5.41 Å². The largest absolute Gasteiger partial charge is 0.330 e. The predicted octanol–water partition coefficient (Wildman–Crippen LogP) is 2.00. The van der Waals surface area contributed by atoms with Crippen LogP contribution in [-0.4, -0.2) is 12.5 Å². The molecular weight excluding hydrogens is 188 g/mol. The lowest BCUT2D eigenvalue weighted by Crippen LogP contribution is -2.32. The predicted molar refractivity (Wildman–Crippen MR) is 62.5 cm³/mol. The van der Waals surface area contributed by atoms with Gasteiger partial charge < -0.3 is 11.1 Å². The van der Waals surface area contributed by atoms with Gasteiger partial charge in [-0.1, -0.05) is 32.0 Å². The van der Waals surface area contributed by atoms with Crippen molar-refractivity contribution in [2.24, 2.45) is 11.1 Å². The van der Waals surface area contributed by atoms with Crippen LogP contribution in [-0.2, 0) is 4.79 Å². The number of rotatable bonds is 4.